The summed E-state index contributed by atoms with van der Waals surface area (Å²) in [5.74, 6) is -0.773. The van der Waals surface area contributed by atoms with Crippen molar-refractivity contribution in [2.24, 2.45) is 4.99 Å². The van der Waals surface area contributed by atoms with E-state index < -0.39 is 29.3 Å². The largest absolute Gasteiger partial charge is 0.465 e. The molecule has 1 atom stereocenters. The summed E-state index contributed by atoms with van der Waals surface area (Å²) in [4.78, 5) is 16.2. The van der Waals surface area contributed by atoms with E-state index in [9.17, 15) is 23.1 Å². The summed E-state index contributed by atoms with van der Waals surface area (Å²) in [6, 6.07) is 0. The number of amides is 1. The summed E-state index contributed by atoms with van der Waals surface area (Å²) in [5, 5.41) is 27.4. The normalized spacial score (nSPS) is 23.9. The number of aliphatic hydroxyl groups is 1. The Labute approximate surface area is 135 Å². The number of thioether (sulfide) groups is 1. The predicted octanol–water partition coefficient (Wildman–Crippen LogP) is 1.90. The highest BCUT2D eigenvalue weighted by atomic mass is 32.2. The Hall–Kier alpha value is -1.67. The van der Waals surface area contributed by atoms with Crippen molar-refractivity contribution in [2.75, 3.05) is 18.8 Å². The Bertz CT molecular complexity index is 541. The van der Waals surface area contributed by atoms with Crippen LogP contribution in [0.3, 0.4) is 0 Å². The number of halogens is 3. The Morgan fingerprint density at radius 3 is 2.48 bits per heavy atom. The van der Waals surface area contributed by atoms with Crippen LogP contribution >= 0.6 is 11.8 Å². The van der Waals surface area contributed by atoms with E-state index >= 15 is 0 Å². The van der Waals surface area contributed by atoms with Gasteiger partial charge in [-0.3, -0.25) is 4.99 Å². The van der Waals surface area contributed by atoms with Gasteiger partial charge in [0.15, 0.2) is 11.4 Å². The van der Waals surface area contributed by atoms with Crippen molar-refractivity contribution in [1.29, 1.82) is 5.26 Å². The maximum absolute atomic E-state index is 12.9. The molecule has 1 saturated heterocycles. The van der Waals surface area contributed by atoms with Crippen LogP contribution in [0.1, 0.15) is 20.8 Å². The SMILES string of the molecule is CC(C)(C)N(CCN=C1SCC(O)(C(F)(F)F)N1C#N)C(=O)O. The Kier molecular flexibility index (Phi) is 5.43. The fourth-order valence-corrected chi connectivity index (χ4v) is 2.99. The number of hydrogen-bond acceptors (Lipinski definition) is 5. The molecule has 1 unspecified atom stereocenters. The van der Waals surface area contributed by atoms with Gasteiger partial charge in [-0.1, -0.05) is 11.8 Å². The molecule has 23 heavy (non-hydrogen) atoms. The first-order valence-corrected chi connectivity index (χ1v) is 7.50. The summed E-state index contributed by atoms with van der Waals surface area (Å²) in [6.45, 7) is 4.83. The summed E-state index contributed by atoms with van der Waals surface area (Å²) < 4.78 is 38.6. The van der Waals surface area contributed by atoms with Crippen molar-refractivity contribution in [3.05, 3.63) is 0 Å². The number of amidine groups is 1. The van der Waals surface area contributed by atoms with E-state index in [1.54, 1.807) is 20.8 Å². The Morgan fingerprint density at radius 1 is 1.52 bits per heavy atom. The van der Waals surface area contributed by atoms with E-state index in [0.717, 1.165) is 4.90 Å². The average Bonchev–Trinajstić information content (AvgIpc) is 2.70. The molecule has 0 aromatic carbocycles. The van der Waals surface area contributed by atoms with Crippen LogP contribution < -0.4 is 0 Å². The van der Waals surface area contributed by atoms with Gasteiger partial charge in [0.05, 0.1) is 12.3 Å². The van der Waals surface area contributed by atoms with Gasteiger partial charge < -0.3 is 15.1 Å². The van der Waals surface area contributed by atoms with Gasteiger partial charge in [-0.25, -0.2) is 9.69 Å². The van der Waals surface area contributed by atoms with Gasteiger partial charge in [0.25, 0.3) is 5.72 Å². The number of alkyl halides is 3. The Morgan fingerprint density at radius 2 is 2.09 bits per heavy atom. The van der Waals surface area contributed by atoms with Gasteiger partial charge in [-0.05, 0) is 20.8 Å². The molecule has 7 nitrogen and oxygen atoms in total. The molecule has 130 valence electrons. The van der Waals surface area contributed by atoms with E-state index in [2.05, 4.69) is 4.99 Å². The minimum Gasteiger partial charge on any atom is -0.465 e. The average molecular weight is 354 g/mol. The van der Waals surface area contributed by atoms with Crippen molar-refractivity contribution in [3.63, 3.8) is 0 Å². The molecule has 1 amide bonds. The topological polar surface area (TPSA) is 100 Å². The molecule has 1 aliphatic rings. The van der Waals surface area contributed by atoms with Crippen LogP contribution in [0, 0.1) is 11.5 Å². The highest BCUT2D eigenvalue weighted by Gasteiger charge is 2.63. The zero-order valence-electron chi connectivity index (χ0n) is 12.8. The molecule has 1 aliphatic heterocycles. The van der Waals surface area contributed by atoms with Crippen molar-refractivity contribution >= 4 is 23.0 Å². The van der Waals surface area contributed by atoms with Crippen LogP contribution in [0.15, 0.2) is 4.99 Å². The first-order valence-electron chi connectivity index (χ1n) is 6.51. The lowest BCUT2D eigenvalue weighted by molar-refractivity contribution is -0.280. The third-order valence-corrected chi connectivity index (χ3v) is 4.25. The van der Waals surface area contributed by atoms with Gasteiger partial charge in [0.1, 0.15) is 0 Å². The fourth-order valence-electron chi connectivity index (χ4n) is 1.87. The van der Waals surface area contributed by atoms with Gasteiger partial charge in [-0.15, -0.1) is 0 Å². The molecule has 2 N–H and O–H groups in total. The number of nitriles is 1. The molecular formula is C12H17F3N4O3S. The second-order valence-corrected chi connectivity index (χ2v) is 6.75. The maximum atomic E-state index is 12.9. The molecule has 0 bridgehead atoms. The predicted molar refractivity (Wildman–Crippen MR) is 77.7 cm³/mol. The van der Waals surface area contributed by atoms with Crippen molar-refractivity contribution in [2.45, 2.75) is 38.2 Å². The lowest BCUT2D eigenvalue weighted by atomic mass is 10.1. The van der Waals surface area contributed by atoms with Crippen molar-refractivity contribution in [3.8, 4) is 6.19 Å². The van der Waals surface area contributed by atoms with Crippen LogP contribution in [0.2, 0.25) is 0 Å². The van der Waals surface area contributed by atoms with Gasteiger partial charge >= 0.3 is 12.3 Å². The first kappa shape index (κ1) is 19.4. The van der Waals surface area contributed by atoms with E-state index in [0.29, 0.717) is 11.8 Å². The zero-order chi connectivity index (χ0) is 18.1. The molecule has 0 aromatic rings. The highest BCUT2D eigenvalue weighted by Crippen LogP contribution is 2.42. The summed E-state index contributed by atoms with van der Waals surface area (Å²) in [7, 11) is 0. The molecule has 0 aromatic heterocycles. The second-order valence-electron chi connectivity index (χ2n) is 5.81. The zero-order valence-corrected chi connectivity index (χ0v) is 13.6. The summed E-state index contributed by atoms with van der Waals surface area (Å²) in [5.41, 5.74) is -3.99. The van der Waals surface area contributed by atoms with Crippen molar-refractivity contribution in [1.82, 2.24) is 9.80 Å². The molecule has 1 rings (SSSR count). The van der Waals surface area contributed by atoms with E-state index in [4.69, 9.17) is 10.4 Å². The molecule has 11 heteroatoms. The first-order chi connectivity index (χ1) is 10.3. The van der Waals surface area contributed by atoms with Crippen LogP contribution in [0.25, 0.3) is 0 Å². The number of nitrogens with zero attached hydrogens (tertiary/aromatic N) is 4. The lowest BCUT2D eigenvalue weighted by Gasteiger charge is -2.32. The third kappa shape index (κ3) is 4.00. The molecular weight excluding hydrogens is 337 g/mol. The smallest absolute Gasteiger partial charge is 0.438 e. The molecule has 0 aliphatic carbocycles. The van der Waals surface area contributed by atoms with Crippen molar-refractivity contribution < 1.29 is 28.2 Å². The molecule has 0 spiro atoms. The lowest BCUT2D eigenvalue weighted by Crippen LogP contribution is -2.56. The second kappa shape index (κ2) is 6.45. The van der Waals surface area contributed by atoms with Gasteiger partial charge in [0, 0.05) is 12.1 Å². The number of rotatable bonds is 3. The van der Waals surface area contributed by atoms with Crippen LogP contribution in [0.4, 0.5) is 18.0 Å². The number of aliphatic imine (C=N–C) groups is 1. The summed E-state index contributed by atoms with van der Waals surface area (Å²) in [6.07, 6.45) is -4.90. The molecule has 1 fully saturated rings. The van der Waals surface area contributed by atoms with Crippen LogP contribution in [0.5, 0.6) is 0 Å². The number of carbonyl (C=O) groups is 1. The molecule has 1 heterocycles. The van der Waals surface area contributed by atoms with E-state index in [-0.39, 0.29) is 23.2 Å². The third-order valence-electron chi connectivity index (χ3n) is 3.13. The molecule has 0 radical (unpaired) electrons. The minimum atomic E-state index is -5.01. The van der Waals surface area contributed by atoms with E-state index in [1.807, 2.05) is 0 Å². The van der Waals surface area contributed by atoms with Crippen LogP contribution in [-0.2, 0) is 0 Å². The Balaban J connectivity index is 2.87. The minimum absolute atomic E-state index is 0.0490. The maximum Gasteiger partial charge on any atom is 0.438 e. The van der Waals surface area contributed by atoms with Gasteiger partial charge in [-0.2, -0.15) is 18.4 Å². The van der Waals surface area contributed by atoms with Gasteiger partial charge in [0.2, 0.25) is 0 Å². The quantitative estimate of drug-likeness (QED) is 0.751. The highest BCUT2D eigenvalue weighted by molar-refractivity contribution is 8.14. The molecule has 0 saturated carbocycles. The van der Waals surface area contributed by atoms with Crippen LogP contribution in [-0.4, -0.2) is 67.6 Å². The number of carboxylic acid groups (broad SMARTS) is 1. The van der Waals surface area contributed by atoms with E-state index in [1.165, 1.54) is 6.19 Å². The number of hydrogen-bond donors (Lipinski definition) is 2. The fraction of sp³-hybridized carbons (Fsp3) is 0.750. The standard InChI is InChI=1S/C12H17F3N4O3S/c1-10(2,3)18(9(20)21)5-4-17-8-19(7-16)11(22,6-23-8)12(13,14)15/h22H,4-6H2,1-3H3,(H,20,21). The monoisotopic (exact) mass is 354 g/mol. The summed E-state index contributed by atoms with van der Waals surface area (Å²) >= 11 is 0.594.